The first kappa shape index (κ1) is 23.5. The SMILES string of the molecule is C[C@@H](CS(=O)(=O)Cc1cccc(CC2CCC(=O)NC2=O)c1)c1cccc(OCC2CC2)c1. The van der Waals surface area contributed by atoms with Gasteiger partial charge >= 0.3 is 0 Å². The van der Waals surface area contributed by atoms with Crippen molar-refractivity contribution in [3.63, 3.8) is 0 Å². The molecular weight excluding hydrogens is 438 g/mol. The van der Waals surface area contributed by atoms with Gasteiger partial charge in [-0.2, -0.15) is 0 Å². The van der Waals surface area contributed by atoms with Crippen LogP contribution in [0.1, 0.15) is 55.2 Å². The highest BCUT2D eigenvalue weighted by molar-refractivity contribution is 7.90. The lowest BCUT2D eigenvalue weighted by atomic mass is 9.91. The zero-order chi connectivity index (χ0) is 23.4. The maximum atomic E-state index is 12.9. The summed E-state index contributed by atoms with van der Waals surface area (Å²) in [6.07, 6.45) is 3.81. The number of nitrogens with one attached hydrogen (secondary N) is 1. The quantitative estimate of drug-likeness (QED) is 0.535. The molecule has 0 radical (unpaired) electrons. The number of sulfone groups is 1. The van der Waals surface area contributed by atoms with Crippen molar-refractivity contribution in [1.82, 2.24) is 5.32 Å². The Hall–Kier alpha value is -2.67. The van der Waals surface area contributed by atoms with E-state index in [0.29, 0.717) is 30.7 Å². The number of imide groups is 1. The summed E-state index contributed by atoms with van der Waals surface area (Å²) in [5.41, 5.74) is 2.58. The number of amides is 2. The maximum Gasteiger partial charge on any atom is 0.230 e. The van der Waals surface area contributed by atoms with Gasteiger partial charge in [-0.05, 0) is 66.3 Å². The van der Waals surface area contributed by atoms with Crippen LogP contribution in [-0.4, -0.2) is 32.6 Å². The van der Waals surface area contributed by atoms with Gasteiger partial charge < -0.3 is 4.74 Å². The zero-order valence-electron chi connectivity index (χ0n) is 19.0. The Bertz CT molecular complexity index is 1120. The van der Waals surface area contributed by atoms with Crippen molar-refractivity contribution in [3.05, 3.63) is 65.2 Å². The van der Waals surface area contributed by atoms with E-state index in [1.165, 1.54) is 12.8 Å². The summed E-state index contributed by atoms with van der Waals surface area (Å²) in [5.74, 6) is 0.582. The molecule has 1 saturated carbocycles. The molecule has 1 unspecified atom stereocenters. The fourth-order valence-corrected chi connectivity index (χ4v) is 6.02. The first-order valence-corrected chi connectivity index (χ1v) is 13.4. The smallest absolute Gasteiger partial charge is 0.230 e. The van der Waals surface area contributed by atoms with Gasteiger partial charge in [0, 0.05) is 12.3 Å². The van der Waals surface area contributed by atoms with Crippen molar-refractivity contribution in [3.8, 4) is 5.75 Å². The van der Waals surface area contributed by atoms with Crippen LogP contribution in [0.5, 0.6) is 5.75 Å². The van der Waals surface area contributed by atoms with Gasteiger partial charge in [-0.3, -0.25) is 14.9 Å². The Morgan fingerprint density at radius 1 is 1.03 bits per heavy atom. The molecule has 2 aromatic rings. The summed E-state index contributed by atoms with van der Waals surface area (Å²) in [7, 11) is -3.34. The minimum absolute atomic E-state index is 0.0433. The van der Waals surface area contributed by atoms with E-state index >= 15 is 0 Å². The average Bonchev–Trinajstić information content (AvgIpc) is 3.59. The van der Waals surface area contributed by atoms with E-state index in [1.54, 1.807) is 0 Å². The van der Waals surface area contributed by atoms with Crippen LogP contribution in [0, 0.1) is 11.8 Å². The number of piperidine rings is 1. The normalized spacial score (nSPS) is 19.7. The topological polar surface area (TPSA) is 89.5 Å². The molecule has 1 heterocycles. The van der Waals surface area contributed by atoms with Crippen LogP contribution in [0.15, 0.2) is 48.5 Å². The molecular formula is C26H31NO5S. The summed E-state index contributed by atoms with van der Waals surface area (Å²) in [6, 6.07) is 15.1. The number of hydrogen-bond donors (Lipinski definition) is 1. The Labute approximate surface area is 195 Å². The lowest BCUT2D eigenvalue weighted by Gasteiger charge is -2.21. The molecule has 176 valence electrons. The second-order valence-electron chi connectivity index (χ2n) is 9.45. The van der Waals surface area contributed by atoms with Crippen molar-refractivity contribution in [1.29, 1.82) is 0 Å². The summed E-state index contributed by atoms with van der Waals surface area (Å²) >= 11 is 0. The highest BCUT2D eigenvalue weighted by Crippen LogP contribution is 2.30. The molecule has 4 rings (SSSR count). The summed E-state index contributed by atoms with van der Waals surface area (Å²) < 4.78 is 31.7. The highest BCUT2D eigenvalue weighted by Gasteiger charge is 2.27. The molecule has 2 aromatic carbocycles. The number of ether oxygens (including phenoxy) is 1. The van der Waals surface area contributed by atoms with Crippen LogP contribution in [-0.2, 0) is 31.6 Å². The molecule has 0 bridgehead atoms. The summed E-state index contributed by atoms with van der Waals surface area (Å²) in [6.45, 7) is 2.66. The van der Waals surface area contributed by atoms with Crippen LogP contribution in [0.4, 0.5) is 0 Å². The third-order valence-electron chi connectivity index (χ3n) is 6.33. The Morgan fingerprint density at radius 2 is 1.79 bits per heavy atom. The van der Waals surface area contributed by atoms with Crippen molar-refractivity contribution in [2.24, 2.45) is 11.8 Å². The molecule has 1 aliphatic heterocycles. The first-order valence-electron chi connectivity index (χ1n) is 11.6. The highest BCUT2D eigenvalue weighted by atomic mass is 32.2. The molecule has 2 aliphatic rings. The molecule has 7 heteroatoms. The second-order valence-corrected chi connectivity index (χ2v) is 11.6. The van der Waals surface area contributed by atoms with Gasteiger partial charge in [-0.25, -0.2) is 8.42 Å². The van der Waals surface area contributed by atoms with Crippen molar-refractivity contribution >= 4 is 21.7 Å². The molecule has 2 amide bonds. The van der Waals surface area contributed by atoms with Crippen LogP contribution in [0.3, 0.4) is 0 Å². The fraction of sp³-hybridized carbons (Fsp3) is 0.462. The van der Waals surface area contributed by atoms with Crippen LogP contribution in [0.25, 0.3) is 0 Å². The van der Waals surface area contributed by atoms with Gasteiger partial charge in [-0.1, -0.05) is 43.3 Å². The molecule has 2 fully saturated rings. The third kappa shape index (κ3) is 6.90. The van der Waals surface area contributed by atoms with Gasteiger partial charge in [0.2, 0.25) is 11.8 Å². The Morgan fingerprint density at radius 3 is 2.55 bits per heavy atom. The molecule has 1 N–H and O–H groups in total. The molecule has 1 aliphatic carbocycles. The zero-order valence-corrected chi connectivity index (χ0v) is 19.8. The average molecular weight is 470 g/mol. The molecule has 0 spiro atoms. The maximum absolute atomic E-state index is 12.9. The monoisotopic (exact) mass is 469 g/mol. The molecule has 2 atom stereocenters. The van der Waals surface area contributed by atoms with E-state index in [2.05, 4.69) is 5.32 Å². The van der Waals surface area contributed by atoms with Gasteiger partial charge in [0.25, 0.3) is 0 Å². The van der Waals surface area contributed by atoms with Gasteiger partial charge in [-0.15, -0.1) is 0 Å². The molecule has 0 aromatic heterocycles. The van der Waals surface area contributed by atoms with E-state index in [9.17, 15) is 18.0 Å². The number of carbonyl (C=O) groups is 2. The summed E-state index contributed by atoms with van der Waals surface area (Å²) in [4.78, 5) is 23.4. The first-order chi connectivity index (χ1) is 15.8. The van der Waals surface area contributed by atoms with E-state index in [4.69, 9.17) is 4.74 Å². The van der Waals surface area contributed by atoms with Crippen molar-refractivity contribution < 1.29 is 22.7 Å². The minimum Gasteiger partial charge on any atom is -0.493 e. The second kappa shape index (κ2) is 10.1. The number of benzene rings is 2. The van der Waals surface area contributed by atoms with Crippen LogP contribution in [0.2, 0.25) is 0 Å². The predicted molar refractivity (Wildman–Crippen MR) is 127 cm³/mol. The van der Waals surface area contributed by atoms with E-state index in [0.717, 1.165) is 23.5 Å². The number of carbonyl (C=O) groups excluding carboxylic acids is 2. The third-order valence-corrected chi connectivity index (χ3v) is 8.11. The molecule has 6 nitrogen and oxygen atoms in total. The van der Waals surface area contributed by atoms with Gasteiger partial charge in [0.1, 0.15) is 5.75 Å². The standard InChI is InChI=1S/C26H31NO5S/c1-18(22-6-3-7-24(14-22)32-15-19-8-9-19)16-33(30,31)17-21-5-2-4-20(12-21)13-23-10-11-25(28)27-26(23)29/h2-7,12,14,18-19,23H,8-11,13,15-17H2,1H3,(H,27,28,29)/t18-,23?/m0/s1. The lowest BCUT2D eigenvalue weighted by Crippen LogP contribution is -2.41. The molecule has 1 saturated heterocycles. The number of rotatable bonds is 10. The predicted octanol–water partition coefficient (Wildman–Crippen LogP) is 3.79. The lowest BCUT2D eigenvalue weighted by molar-refractivity contribution is -0.136. The van der Waals surface area contributed by atoms with Crippen molar-refractivity contribution in [2.45, 2.75) is 50.7 Å². The van der Waals surface area contributed by atoms with E-state index < -0.39 is 9.84 Å². The fourth-order valence-electron chi connectivity index (χ4n) is 4.26. The Kier molecular flexibility index (Phi) is 7.17. The van der Waals surface area contributed by atoms with Gasteiger partial charge in [0.05, 0.1) is 18.1 Å². The Balaban J connectivity index is 1.36. The summed E-state index contributed by atoms with van der Waals surface area (Å²) in [5, 5.41) is 2.38. The minimum atomic E-state index is -3.34. The van der Waals surface area contributed by atoms with Gasteiger partial charge in [0.15, 0.2) is 9.84 Å². The van der Waals surface area contributed by atoms with Crippen molar-refractivity contribution in [2.75, 3.05) is 12.4 Å². The largest absolute Gasteiger partial charge is 0.493 e. The van der Waals surface area contributed by atoms with Crippen LogP contribution < -0.4 is 10.1 Å². The van der Waals surface area contributed by atoms with Crippen LogP contribution >= 0.6 is 0 Å². The van der Waals surface area contributed by atoms with E-state index in [-0.39, 0.29) is 35.2 Å². The van der Waals surface area contributed by atoms with E-state index in [1.807, 2.05) is 55.5 Å². The molecule has 33 heavy (non-hydrogen) atoms. The number of hydrogen-bond acceptors (Lipinski definition) is 5.